The van der Waals surface area contributed by atoms with E-state index in [0.717, 1.165) is 26.4 Å². The molecule has 0 saturated heterocycles. The van der Waals surface area contributed by atoms with Crippen LogP contribution < -0.4 is 5.73 Å². The Bertz CT molecular complexity index is 734. The molecule has 0 bridgehead atoms. The predicted molar refractivity (Wildman–Crippen MR) is 74.2 cm³/mol. The highest BCUT2D eigenvalue weighted by molar-refractivity contribution is 7.18. The molecule has 0 aliphatic carbocycles. The van der Waals surface area contributed by atoms with E-state index in [0.29, 0.717) is 0 Å². The number of nitrogens with two attached hydrogens (primary N) is 1. The van der Waals surface area contributed by atoms with E-state index in [1.165, 1.54) is 6.07 Å². The highest BCUT2D eigenvalue weighted by Crippen LogP contribution is 2.28. The Hall–Kier alpha value is -1.94. The Morgan fingerprint density at radius 2 is 1.83 bits per heavy atom. The Kier molecular flexibility index (Phi) is 2.52. The SMILES string of the molecule is Cc1nc2cc(-c3ccc(N)c(F)c3)ccc2s1. The quantitative estimate of drug-likeness (QED) is 0.670. The van der Waals surface area contributed by atoms with Gasteiger partial charge in [-0.15, -0.1) is 11.3 Å². The van der Waals surface area contributed by atoms with Crippen molar-refractivity contribution in [3.8, 4) is 11.1 Å². The summed E-state index contributed by atoms with van der Waals surface area (Å²) in [7, 11) is 0. The van der Waals surface area contributed by atoms with Crippen LogP contribution in [-0.4, -0.2) is 4.98 Å². The molecule has 3 aromatic rings. The van der Waals surface area contributed by atoms with Gasteiger partial charge in [0.1, 0.15) is 5.82 Å². The maximum absolute atomic E-state index is 13.4. The maximum Gasteiger partial charge on any atom is 0.146 e. The van der Waals surface area contributed by atoms with Crippen molar-refractivity contribution in [2.24, 2.45) is 0 Å². The molecule has 0 aliphatic heterocycles. The molecule has 90 valence electrons. The van der Waals surface area contributed by atoms with Crippen LogP contribution in [-0.2, 0) is 0 Å². The Morgan fingerprint density at radius 3 is 2.61 bits per heavy atom. The predicted octanol–water partition coefficient (Wildman–Crippen LogP) is 3.99. The monoisotopic (exact) mass is 258 g/mol. The van der Waals surface area contributed by atoms with Gasteiger partial charge in [0.25, 0.3) is 0 Å². The minimum atomic E-state index is -0.387. The lowest BCUT2D eigenvalue weighted by Gasteiger charge is -2.03. The molecular weight excluding hydrogens is 247 g/mol. The summed E-state index contributed by atoms with van der Waals surface area (Å²) in [4.78, 5) is 4.44. The standard InChI is InChI=1S/C14H11FN2S/c1-8-17-13-7-10(3-5-14(13)18-8)9-2-4-12(16)11(15)6-9/h2-7H,16H2,1H3. The number of nitrogens with zero attached hydrogens (tertiary/aromatic N) is 1. The average molecular weight is 258 g/mol. The van der Waals surface area contributed by atoms with Crippen LogP contribution >= 0.6 is 11.3 Å². The van der Waals surface area contributed by atoms with Crippen molar-refractivity contribution in [1.29, 1.82) is 0 Å². The van der Waals surface area contributed by atoms with Crippen LogP contribution in [0.4, 0.5) is 10.1 Å². The van der Waals surface area contributed by atoms with E-state index in [-0.39, 0.29) is 11.5 Å². The summed E-state index contributed by atoms with van der Waals surface area (Å²) in [5.41, 5.74) is 8.36. The second-order valence-corrected chi connectivity index (χ2v) is 5.39. The number of anilines is 1. The van der Waals surface area contributed by atoms with Crippen LogP contribution in [0.2, 0.25) is 0 Å². The molecular formula is C14H11FN2S. The van der Waals surface area contributed by atoms with Crippen LogP contribution in [0, 0.1) is 12.7 Å². The number of rotatable bonds is 1. The number of nitrogen functional groups attached to an aromatic ring is 1. The van der Waals surface area contributed by atoms with E-state index in [4.69, 9.17) is 5.73 Å². The summed E-state index contributed by atoms with van der Waals surface area (Å²) >= 11 is 1.66. The van der Waals surface area contributed by atoms with Crippen LogP contribution in [0.3, 0.4) is 0 Å². The molecule has 0 saturated carbocycles. The van der Waals surface area contributed by atoms with Gasteiger partial charge < -0.3 is 5.73 Å². The number of fused-ring (bicyclic) bond motifs is 1. The third-order valence-corrected chi connectivity index (χ3v) is 3.78. The molecule has 0 amide bonds. The smallest absolute Gasteiger partial charge is 0.146 e. The number of hydrogen-bond acceptors (Lipinski definition) is 3. The summed E-state index contributed by atoms with van der Waals surface area (Å²) < 4.78 is 14.6. The molecule has 2 nitrogen and oxygen atoms in total. The third-order valence-electron chi connectivity index (χ3n) is 2.83. The van der Waals surface area contributed by atoms with Crippen molar-refractivity contribution in [3.05, 3.63) is 47.2 Å². The first-order valence-electron chi connectivity index (χ1n) is 5.56. The second kappa shape index (κ2) is 4.07. The molecule has 4 heteroatoms. The fourth-order valence-corrected chi connectivity index (χ4v) is 2.74. The molecule has 18 heavy (non-hydrogen) atoms. The van der Waals surface area contributed by atoms with Gasteiger partial charge in [-0.2, -0.15) is 0 Å². The van der Waals surface area contributed by atoms with Crippen molar-refractivity contribution >= 4 is 27.2 Å². The van der Waals surface area contributed by atoms with Crippen molar-refractivity contribution in [1.82, 2.24) is 4.98 Å². The molecule has 0 unspecified atom stereocenters. The van der Waals surface area contributed by atoms with Gasteiger partial charge >= 0.3 is 0 Å². The molecule has 0 atom stereocenters. The van der Waals surface area contributed by atoms with Crippen LogP contribution in [0.5, 0.6) is 0 Å². The third kappa shape index (κ3) is 1.84. The molecule has 2 N–H and O–H groups in total. The first kappa shape index (κ1) is 11.2. The number of aromatic nitrogens is 1. The van der Waals surface area contributed by atoms with E-state index >= 15 is 0 Å². The minimum absolute atomic E-state index is 0.171. The summed E-state index contributed by atoms with van der Waals surface area (Å²) in [6.45, 7) is 1.98. The largest absolute Gasteiger partial charge is 0.396 e. The van der Waals surface area contributed by atoms with Crippen LogP contribution in [0.25, 0.3) is 21.3 Å². The lowest BCUT2D eigenvalue weighted by molar-refractivity contribution is 0.633. The minimum Gasteiger partial charge on any atom is -0.396 e. The summed E-state index contributed by atoms with van der Waals surface area (Å²) in [6, 6.07) is 10.8. The van der Waals surface area contributed by atoms with Gasteiger partial charge in [0.15, 0.2) is 0 Å². The number of hydrogen-bond donors (Lipinski definition) is 1. The molecule has 2 aromatic carbocycles. The number of halogens is 1. The van der Waals surface area contributed by atoms with Crippen molar-refractivity contribution in [3.63, 3.8) is 0 Å². The number of thiazole rings is 1. The molecule has 1 heterocycles. The normalized spacial score (nSPS) is 11.0. The fourth-order valence-electron chi connectivity index (χ4n) is 1.93. The lowest BCUT2D eigenvalue weighted by Crippen LogP contribution is -1.90. The van der Waals surface area contributed by atoms with Gasteiger partial charge in [-0.25, -0.2) is 9.37 Å². The van der Waals surface area contributed by atoms with Gasteiger partial charge in [0.05, 0.1) is 20.9 Å². The Labute approximate surface area is 108 Å². The summed E-state index contributed by atoms with van der Waals surface area (Å²) in [5.74, 6) is -0.387. The number of benzene rings is 2. The van der Waals surface area contributed by atoms with E-state index in [1.807, 2.05) is 31.2 Å². The second-order valence-electron chi connectivity index (χ2n) is 4.15. The fraction of sp³-hybridized carbons (Fsp3) is 0.0714. The molecule has 0 fully saturated rings. The van der Waals surface area contributed by atoms with E-state index in [9.17, 15) is 4.39 Å². The molecule has 0 radical (unpaired) electrons. The Morgan fingerprint density at radius 1 is 1.11 bits per heavy atom. The topological polar surface area (TPSA) is 38.9 Å². The van der Waals surface area contributed by atoms with E-state index < -0.39 is 0 Å². The van der Waals surface area contributed by atoms with Gasteiger partial charge in [-0.1, -0.05) is 12.1 Å². The molecule has 0 spiro atoms. The lowest BCUT2D eigenvalue weighted by atomic mass is 10.0. The average Bonchev–Trinajstić information content (AvgIpc) is 2.71. The van der Waals surface area contributed by atoms with Gasteiger partial charge in [0.2, 0.25) is 0 Å². The highest BCUT2D eigenvalue weighted by atomic mass is 32.1. The maximum atomic E-state index is 13.4. The van der Waals surface area contributed by atoms with Crippen molar-refractivity contribution < 1.29 is 4.39 Å². The molecule has 1 aromatic heterocycles. The van der Waals surface area contributed by atoms with Crippen LogP contribution in [0.15, 0.2) is 36.4 Å². The summed E-state index contributed by atoms with van der Waals surface area (Å²) in [5, 5.41) is 1.03. The van der Waals surface area contributed by atoms with Gasteiger partial charge in [0, 0.05) is 0 Å². The Balaban J connectivity index is 2.15. The summed E-state index contributed by atoms with van der Waals surface area (Å²) in [6.07, 6.45) is 0. The molecule has 3 rings (SSSR count). The van der Waals surface area contributed by atoms with Gasteiger partial charge in [-0.05, 0) is 42.3 Å². The first-order valence-corrected chi connectivity index (χ1v) is 6.38. The van der Waals surface area contributed by atoms with Crippen LogP contribution in [0.1, 0.15) is 5.01 Å². The van der Waals surface area contributed by atoms with Crippen molar-refractivity contribution in [2.75, 3.05) is 5.73 Å². The zero-order valence-electron chi connectivity index (χ0n) is 9.77. The van der Waals surface area contributed by atoms with E-state index in [1.54, 1.807) is 17.4 Å². The zero-order chi connectivity index (χ0) is 12.7. The first-order chi connectivity index (χ1) is 8.63. The molecule has 0 aliphatic rings. The van der Waals surface area contributed by atoms with E-state index in [2.05, 4.69) is 4.98 Å². The zero-order valence-corrected chi connectivity index (χ0v) is 10.6. The highest BCUT2D eigenvalue weighted by Gasteiger charge is 2.05. The van der Waals surface area contributed by atoms with Crippen molar-refractivity contribution in [2.45, 2.75) is 6.92 Å². The number of aryl methyl sites for hydroxylation is 1. The van der Waals surface area contributed by atoms with Gasteiger partial charge in [-0.3, -0.25) is 0 Å².